The molecule has 1 fully saturated rings. The first-order valence-electron chi connectivity index (χ1n) is 8.00. The van der Waals surface area contributed by atoms with Crippen molar-refractivity contribution in [2.45, 2.75) is 71.5 Å². The maximum atomic E-state index is 3.83. The number of rotatable bonds is 4. The van der Waals surface area contributed by atoms with Gasteiger partial charge in [-0.1, -0.05) is 6.92 Å². The predicted octanol–water partition coefficient (Wildman–Crippen LogP) is 4.22. The van der Waals surface area contributed by atoms with Crippen molar-refractivity contribution in [3.63, 3.8) is 0 Å². The van der Waals surface area contributed by atoms with Crippen molar-refractivity contribution < 1.29 is 0 Å². The van der Waals surface area contributed by atoms with Crippen LogP contribution in [0.25, 0.3) is 0 Å². The number of nitrogens with one attached hydrogen (secondary N) is 1. The number of hydrogen-bond acceptors (Lipinski definition) is 3. The van der Waals surface area contributed by atoms with E-state index in [1.807, 2.05) is 11.3 Å². The number of piperidine rings is 1. The van der Waals surface area contributed by atoms with Gasteiger partial charge in [0.2, 0.25) is 0 Å². The van der Waals surface area contributed by atoms with Gasteiger partial charge in [-0.3, -0.25) is 4.90 Å². The molecule has 2 heterocycles. The summed E-state index contributed by atoms with van der Waals surface area (Å²) in [5.41, 5.74) is 0.320. The second-order valence-corrected chi connectivity index (χ2v) is 8.18. The van der Waals surface area contributed by atoms with Gasteiger partial charge >= 0.3 is 0 Å². The van der Waals surface area contributed by atoms with Crippen molar-refractivity contribution >= 4 is 11.3 Å². The van der Waals surface area contributed by atoms with Gasteiger partial charge in [-0.25, -0.2) is 0 Å². The standard InChI is InChI=1S/C17H30N2S/c1-6-15-7-8-16(20-15)13(2)18-14-9-11-19(12-10-14)17(3,4)5/h7-8,13-14,18H,6,9-12H2,1-5H3. The molecule has 2 rings (SSSR count). The van der Waals surface area contributed by atoms with Crippen molar-refractivity contribution in [3.8, 4) is 0 Å². The third kappa shape index (κ3) is 4.06. The van der Waals surface area contributed by atoms with Gasteiger partial charge in [-0.15, -0.1) is 11.3 Å². The largest absolute Gasteiger partial charge is 0.307 e. The van der Waals surface area contributed by atoms with Crippen LogP contribution in [0.5, 0.6) is 0 Å². The van der Waals surface area contributed by atoms with Gasteiger partial charge in [-0.05, 0) is 59.1 Å². The molecule has 0 saturated carbocycles. The molecule has 1 unspecified atom stereocenters. The van der Waals surface area contributed by atoms with Gasteiger partial charge in [0, 0.05) is 40.5 Å². The SMILES string of the molecule is CCc1ccc(C(C)NC2CCN(C(C)(C)C)CC2)s1. The fraction of sp³-hybridized carbons (Fsp3) is 0.765. The Morgan fingerprint density at radius 1 is 1.30 bits per heavy atom. The zero-order valence-corrected chi connectivity index (χ0v) is 14.5. The molecule has 114 valence electrons. The molecule has 0 aliphatic carbocycles. The van der Waals surface area contributed by atoms with Crippen molar-refractivity contribution in [2.75, 3.05) is 13.1 Å². The van der Waals surface area contributed by atoms with E-state index >= 15 is 0 Å². The molecule has 1 atom stereocenters. The maximum Gasteiger partial charge on any atom is 0.0388 e. The molecule has 0 amide bonds. The molecule has 1 aliphatic rings. The highest BCUT2D eigenvalue weighted by atomic mass is 32.1. The minimum Gasteiger partial charge on any atom is -0.307 e. The maximum absolute atomic E-state index is 3.83. The first-order chi connectivity index (χ1) is 9.40. The molecular formula is C17H30N2S. The van der Waals surface area contributed by atoms with Crippen molar-refractivity contribution in [3.05, 3.63) is 21.9 Å². The third-order valence-corrected chi connectivity index (χ3v) is 5.80. The molecule has 0 radical (unpaired) electrons. The number of likely N-dealkylation sites (tertiary alicyclic amines) is 1. The summed E-state index contributed by atoms with van der Waals surface area (Å²) in [6.45, 7) is 13.9. The first kappa shape index (κ1) is 16.0. The van der Waals surface area contributed by atoms with Gasteiger partial charge in [-0.2, -0.15) is 0 Å². The average Bonchev–Trinajstić information content (AvgIpc) is 2.87. The van der Waals surface area contributed by atoms with Crippen molar-refractivity contribution in [2.24, 2.45) is 0 Å². The van der Waals surface area contributed by atoms with Gasteiger partial charge in [0.15, 0.2) is 0 Å². The summed E-state index contributed by atoms with van der Waals surface area (Å²) in [7, 11) is 0. The molecule has 3 heteroatoms. The lowest BCUT2D eigenvalue weighted by atomic mass is 9.97. The number of thiophene rings is 1. The molecule has 0 aromatic carbocycles. The van der Waals surface area contributed by atoms with E-state index in [9.17, 15) is 0 Å². The Labute approximate surface area is 128 Å². The molecule has 1 aromatic rings. The Balaban J connectivity index is 1.83. The van der Waals surface area contributed by atoms with E-state index in [1.165, 1.54) is 35.7 Å². The Bertz CT molecular complexity index is 411. The zero-order valence-electron chi connectivity index (χ0n) is 13.7. The van der Waals surface area contributed by atoms with Crippen LogP contribution in [0.3, 0.4) is 0 Å². The molecule has 2 nitrogen and oxygen atoms in total. The summed E-state index contributed by atoms with van der Waals surface area (Å²) in [6.07, 6.45) is 3.70. The monoisotopic (exact) mass is 294 g/mol. The summed E-state index contributed by atoms with van der Waals surface area (Å²) < 4.78 is 0. The third-order valence-electron chi connectivity index (χ3n) is 4.39. The number of aryl methyl sites for hydroxylation is 1. The summed E-state index contributed by atoms with van der Waals surface area (Å²) in [5.74, 6) is 0. The molecule has 0 spiro atoms. The Morgan fingerprint density at radius 2 is 1.95 bits per heavy atom. The molecule has 1 aromatic heterocycles. The molecule has 1 aliphatic heterocycles. The molecule has 1 saturated heterocycles. The van der Waals surface area contributed by atoms with E-state index in [2.05, 4.69) is 57.0 Å². The average molecular weight is 295 g/mol. The van der Waals surface area contributed by atoms with Crippen LogP contribution < -0.4 is 5.32 Å². The quantitative estimate of drug-likeness (QED) is 0.894. The highest BCUT2D eigenvalue weighted by molar-refractivity contribution is 7.12. The van der Waals surface area contributed by atoms with Crippen molar-refractivity contribution in [1.29, 1.82) is 0 Å². The first-order valence-corrected chi connectivity index (χ1v) is 8.81. The normalized spacial score (nSPS) is 20.2. The van der Waals surface area contributed by atoms with Crippen LogP contribution in [0.15, 0.2) is 12.1 Å². The summed E-state index contributed by atoms with van der Waals surface area (Å²) in [4.78, 5) is 5.59. The molecule has 20 heavy (non-hydrogen) atoms. The van der Waals surface area contributed by atoms with Gasteiger partial charge in [0.25, 0.3) is 0 Å². The van der Waals surface area contributed by atoms with E-state index in [1.54, 1.807) is 0 Å². The van der Waals surface area contributed by atoms with Crippen LogP contribution in [0.2, 0.25) is 0 Å². The minimum absolute atomic E-state index is 0.320. The van der Waals surface area contributed by atoms with Crippen LogP contribution in [0, 0.1) is 0 Å². The molecule has 0 bridgehead atoms. The zero-order chi connectivity index (χ0) is 14.8. The lowest BCUT2D eigenvalue weighted by Gasteiger charge is -2.41. The number of hydrogen-bond donors (Lipinski definition) is 1. The lowest BCUT2D eigenvalue weighted by molar-refractivity contribution is 0.0943. The second kappa shape index (κ2) is 6.59. The van der Waals surface area contributed by atoms with Crippen LogP contribution >= 0.6 is 11.3 Å². The Morgan fingerprint density at radius 3 is 2.45 bits per heavy atom. The van der Waals surface area contributed by atoms with Crippen LogP contribution in [-0.2, 0) is 6.42 Å². The van der Waals surface area contributed by atoms with Crippen molar-refractivity contribution in [1.82, 2.24) is 10.2 Å². The molecular weight excluding hydrogens is 264 g/mol. The van der Waals surface area contributed by atoms with Gasteiger partial charge < -0.3 is 5.32 Å². The Kier molecular flexibility index (Phi) is 5.27. The molecule has 1 N–H and O–H groups in total. The van der Waals surface area contributed by atoms with E-state index in [-0.39, 0.29) is 0 Å². The lowest BCUT2D eigenvalue weighted by Crippen LogP contribution is -2.50. The summed E-state index contributed by atoms with van der Waals surface area (Å²) in [5, 5.41) is 3.83. The predicted molar refractivity (Wildman–Crippen MR) is 89.6 cm³/mol. The van der Waals surface area contributed by atoms with E-state index in [0.717, 1.165) is 6.42 Å². The van der Waals surface area contributed by atoms with Crippen LogP contribution in [0.4, 0.5) is 0 Å². The highest BCUT2D eigenvalue weighted by Crippen LogP contribution is 2.26. The fourth-order valence-electron chi connectivity index (χ4n) is 2.97. The smallest absolute Gasteiger partial charge is 0.0388 e. The summed E-state index contributed by atoms with van der Waals surface area (Å²) >= 11 is 1.96. The van der Waals surface area contributed by atoms with E-state index in [0.29, 0.717) is 17.6 Å². The topological polar surface area (TPSA) is 15.3 Å². The van der Waals surface area contributed by atoms with Gasteiger partial charge in [0.1, 0.15) is 0 Å². The van der Waals surface area contributed by atoms with E-state index < -0.39 is 0 Å². The fourth-order valence-corrected chi connectivity index (χ4v) is 3.93. The summed E-state index contributed by atoms with van der Waals surface area (Å²) in [6, 6.07) is 5.74. The highest BCUT2D eigenvalue weighted by Gasteiger charge is 2.27. The van der Waals surface area contributed by atoms with Crippen LogP contribution in [0.1, 0.15) is 63.3 Å². The Hall–Kier alpha value is -0.380. The number of nitrogens with zero attached hydrogens (tertiary/aromatic N) is 1. The van der Waals surface area contributed by atoms with E-state index in [4.69, 9.17) is 0 Å². The minimum atomic E-state index is 0.320. The van der Waals surface area contributed by atoms with Gasteiger partial charge in [0.05, 0.1) is 0 Å². The van der Waals surface area contributed by atoms with Crippen LogP contribution in [-0.4, -0.2) is 29.6 Å². The second-order valence-electron chi connectivity index (χ2n) is 6.98.